The van der Waals surface area contributed by atoms with Crippen molar-refractivity contribution >= 4 is 39.1 Å². The lowest BCUT2D eigenvalue weighted by Gasteiger charge is -2.11. The Balaban J connectivity index is 1.59. The van der Waals surface area contributed by atoms with Crippen LogP contribution in [0, 0.1) is 6.92 Å². The van der Waals surface area contributed by atoms with Gasteiger partial charge < -0.3 is 15.5 Å². The van der Waals surface area contributed by atoms with E-state index in [1.165, 1.54) is 16.2 Å². The van der Waals surface area contributed by atoms with Crippen LogP contribution in [0.15, 0.2) is 28.9 Å². The van der Waals surface area contributed by atoms with Gasteiger partial charge in [-0.3, -0.25) is 9.59 Å². The second-order valence-electron chi connectivity index (χ2n) is 6.76. The molecule has 1 aliphatic rings. The van der Waals surface area contributed by atoms with Gasteiger partial charge in [0.1, 0.15) is 10.6 Å². The fourth-order valence-corrected chi connectivity index (χ4v) is 4.90. The fourth-order valence-electron chi connectivity index (χ4n) is 3.59. The van der Waals surface area contributed by atoms with Crippen LogP contribution in [-0.2, 0) is 24.1 Å². The van der Waals surface area contributed by atoms with Crippen LogP contribution in [0.3, 0.4) is 0 Å². The second kappa shape index (κ2) is 6.61. The zero-order valence-corrected chi connectivity index (χ0v) is 15.4. The summed E-state index contributed by atoms with van der Waals surface area (Å²) in [6, 6.07) is 5.90. The van der Waals surface area contributed by atoms with E-state index in [0.717, 1.165) is 53.3 Å². The summed E-state index contributed by atoms with van der Waals surface area (Å²) >= 11 is 1.48. The fraction of sp³-hybridized carbons (Fsp3) is 0.300. The highest BCUT2D eigenvalue weighted by Gasteiger charge is 2.25. The van der Waals surface area contributed by atoms with Crippen LogP contribution in [-0.4, -0.2) is 11.8 Å². The Kier molecular flexibility index (Phi) is 4.28. The van der Waals surface area contributed by atoms with Crippen molar-refractivity contribution in [1.82, 2.24) is 0 Å². The number of anilines is 1. The molecule has 4 rings (SSSR count). The van der Waals surface area contributed by atoms with Crippen LogP contribution in [0.1, 0.15) is 44.8 Å². The predicted octanol–water partition coefficient (Wildman–Crippen LogP) is 3.96. The first-order chi connectivity index (χ1) is 12.5. The number of primary amides is 1. The molecule has 0 saturated heterocycles. The van der Waals surface area contributed by atoms with Crippen LogP contribution in [0.5, 0.6) is 0 Å². The van der Waals surface area contributed by atoms with Gasteiger partial charge in [0.2, 0.25) is 5.91 Å². The Morgan fingerprint density at radius 2 is 2.08 bits per heavy atom. The number of nitrogens with two attached hydrogens (primary N) is 1. The van der Waals surface area contributed by atoms with Crippen molar-refractivity contribution in [3.8, 4) is 0 Å². The van der Waals surface area contributed by atoms with E-state index in [2.05, 4.69) is 5.32 Å². The van der Waals surface area contributed by atoms with Gasteiger partial charge in [-0.25, -0.2) is 0 Å². The minimum absolute atomic E-state index is 0.171. The first-order valence-electron chi connectivity index (χ1n) is 8.74. The Hall–Kier alpha value is -2.60. The van der Waals surface area contributed by atoms with Crippen LogP contribution in [0.2, 0.25) is 0 Å². The number of amides is 2. The van der Waals surface area contributed by atoms with Crippen molar-refractivity contribution in [3.05, 3.63) is 51.6 Å². The zero-order chi connectivity index (χ0) is 18.3. The molecule has 0 atom stereocenters. The molecule has 0 radical (unpaired) electrons. The lowest BCUT2D eigenvalue weighted by Crippen LogP contribution is -2.19. The lowest BCUT2D eigenvalue weighted by atomic mass is 9.95. The summed E-state index contributed by atoms with van der Waals surface area (Å²) in [5.41, 5.74) is 9.82. The number of nitrogens with one attached hydrogen (secondary N) is 1. The van der Waals surface area contributed by atoms with E-state index in [0.29, 0.717) is 10.6 Å². The molecule has 6 heteroatoms. The zero-order valence-electron chi connectivity index (χ0n) is 14.6. The van der Waals surface area contributed by atoms with Gasteiger partial charge in [0.15, 0.2) is 0 Å². The monoisotopic (exact) mass is 368 g/mol. The topological polar surface area (TPSA) is 85.3 Å². The number of aryl methyl sites for hydroxylation is 2. The highest BCUT2D eigenvalue weighted by atomic mass is 32.1. The molecule has 5 nitrogen and oxygen atoms in total. The summed E-state index contributed by atoms with van der Waals surface area (Å²) in [5, 5.41) is 4.43. The third-order valence-corrected chi connectivity index (χ3v) is 6.04. The number of hydrogen-bond acceptors (Lipinski definition) is 4. The van der Waals surface area contributed by atoms with Crippen molar-refractivity contribution in [1.29, 1.82) is 0 Å². The summed E-state index contributed by atoms with van der Waals surface area (Å²) in [6.07, 6.45) is 5.78. The average Bonchev–Trinajstić information content (AvgIpc) is 3.15. The molecule has 0 spiro atoms. The van der Waals surface area contributed by atoms with E-state index in [-0.39, 0.29) is 12.3 Å². The van der Waals surface area contributed by atoms with E-state index >= 15 is 0 Å². The average molecular weight is 368 g/mol. The maximum atomic E-state index is 12.6. The first-order valence-corrected chi connectivity index (χ1v) is 9.55. The van der Waals surface area contributed by atoms with E-state index in [1.54, 1.807) is 6.26 Å². The largest absolute Gasteiger partial charge is 0.464 e. The van der Waals surface area contributed by atoms with Gasteiger partial charge in [0, 0.05) is 15.8 Å². The van der Waals surface area contributed by atoms with E-state index in [1.807, 2.05) is 25.1 Å². The van der Waals surface area contributed by atoms with Gasteiger partial charge in [-0.2, -0.15) is 0 Å². The molecule has 1 aliphatic carbocycles. The quantitative estimate of drug-likeness (QED) is 0.731. The summed E-state index contributed by atoms with van der Waals surface area (Å²) < 4.78 is 5.53. The number of rotatable bonds is 4. The van der Waals surface area contributed by atoms with Crippen LogP contribution >= 0.6 is 11.3 Å². The molecule has 3 N–H and O–H groups in total. The minimum atomic E-state index is -0.468. The summed E-state index contributed by atoms with van der Waals surface area (Å²) in [4.78, 5) is 25.7. The molecule has 0 fully saturated rings. The first kappa shape index (κ1) is 16.8. The summed E-state index contributed by atoms with van der Waals surface area (Å²) in [6.45, 7) is 2.01. The highest BCUT2D eigenvalue weighted by molar-refractivity contribution is 7.17. The summed E-state index contributed by atoms with van der Waals surface area (Å²) in [5.74, 6) is -0.639. The Bertz CT molecular complexity index is 1020. The lowest BCUT2D eigenvalue weighted by molar-refractivity contribution is -0.115. The van der Waals surface area contributed by atoms with Crippen molar-refractivity contribution in [2.75, 3.05) is 5.32 Å². The van der Waals surface area contributed by atoms with Gasteiger partial charge in [-0.15, -0.1) is 11.3 Å². The molecule has 3 aromatic rings. The van der Waals surface area contributed by atoms with Crippen molar-refractivity contribution in [3.63, 3.8) is 0 Å². The molecule has 26 heavy (non-hydrogen) atoms. The molecular weight excluding hydrogens is 348 g/mol. The van der Waals surface area contributed by atoms with E-state index in [9.17, 15) is 9.59 Å². The van der Waals surface area contributed by atoms with Crippen LogP contribution in [0.4, 0.5) is 5.00 Å². The molecule has 2 aromatic heterocycles. The smallest absolute Gasteiger partial charge is 0.251 e. The van der Waals surface area contributed by atoms with Crippen molar-refractivity contribution < 1.29 is 14.0 Å². The van der Waals surface area contributed by atoms with Crippen LogP contribution in [0.25, 0.3) is 11.0 Å². The van der Waals surface area contributed by atoms with Crippen molar-refractivity contribution in [2.24, 2.45) is 5.73 Å². The van der Waals surface area contributed by atoms with Gasteiger partial charge >= 0.3 is 0 Å². The minimum Gasteiger partial charge on any atom is -0.464 e. The number of furan rings is 1. The molecule has 0 bridgehead atoms. The standard InChI is InChI=1S/C20H20N2O3S/c1-11-6-7-15-14(8-11)12(10-25-15)9-17(23)22-20-18(19(21)24)13-4-2-3-5-16(13)26-20/h6-8,10H,2-5,9H2,1H3,(H2,21,24)(H,22,23). The molecule has 134 valence electrons. The second-order valence-corrected chi connectivity index (χ2v) is 7.87. The highest BCUT2D eigenvalue weighted by Crippen LogP contribution is 2.38. The molecule has 0 aliphatic heterocycles. The normalized spacial score (nSPS) is 13.6. The number of hydrogen-bond donors (Lipinski definition) is 2. The number of fused-ring (bicyclic) bond motifs is 2. The molecule has 2 amide bonds. The number of thiophene rings is 1. The number of carbonyl (C=O) groups is 2. The third kappa shape index (κ3) is 3.01. The molecule has 2 heterocycles. The SMILES string of the molecule is Cc1ccc2occ(CC(=O)Nc3sc4c(c3C(N)=O)CCCC4)c2c1. The number of benzene rings is 1. The van der Waals surface area contributed by atoms with Gasteiger partial charge in [-0.05, 0) is 50.3 Å². The predicted molar refractivity (Wildman–Crippen MR) is 103 cm³/mol. The maximum Gasteiger partial charge on any atom is 0.251 e. The molecule has 0 unspecified atom stereocenters. The number of carbonyl (C=O) groups excluding carboxylic acids is 2. The van der Waals surface area contributed by atoms with Gasteiger partial charge in [-0.1, -0.05) is 11.6 Å². The van der Waals surface area contributed by atoms with Crippen molar-refractivity contribution in [2.45, 2.75) is 39.0 Å². The maximum absolute atomic E-state index is 12.6. The Labute approximate surface area is 155 Å². The van der Waals surface area contributed by atoms with Gasteiger partial charge in [0.05, 0.1) is 18.2 Å². The molecule has 1 aromatic carbocycles. The van der Waals surface area contributed by atoms with E-state index < -0.39 is 5.91 Å². The molecular formula is C20H20N2O3S. The van der Waals surface area contributed by atoms with E-state index in [4.69, 9.17) is 10.2 Å². The Morgan fingerprint density at radius 3 is 2.88 bits per heavy atom. The third-order valence-electron chi connectivity index (χ3n) is 4.83. The molecule has 0 saturated carbocycles. The van der Waals surface area contributed by atoms with Crippen LogP contribution < -0.4 is 11.1 Å². The van der Waals surface area contributed by atoms with Gasteiger partial charge in [0.25, 0.3) is 5.91 Å². The summed E-state index contributed by atoms with van der Waals surface area (Å²) in [7, 11) is 0. The Morgan fingerprint density at radius 1 is 1.27 bits per heavy atom.